The first-order chi connectivity index (χ1) is 15.5. The highest BCUT2D eigenvalue weighted by Crippen LogP contribution is 2.33. The molecule has 4 rings (SSSR count). The molecule has 0 N–H and O–H groups in total. The predicted octanol–water partition coefficient (Wildman–Crippen LogP) is 4.90. The molecule has 0 saturated carbocycles. The summed E-state index contributed by atoms with van der Waals surface area (Å²) in [5, 5.41) is 0.766. The number of thiazole rings is 1. The Balaban J connectivity index is 1.48. The number of morpholine rings is 1. The Morgan fingerprint density at radius 3 is 2.59 bits per heavy atom. The minimum absolute atomic E-state index is 0.0715. The third-order valence-electron chi connectivity index (χ3n) is 5.60. The lowest BCUT2D eigenvalue weighted by molar-refractivity contribution is -0.118. The van der Waals surface area contributed by atoms with Crippen molar-refractivity contribution >= 4 is 44.4 Å². The molecular weight excluding hydrogens is 445 g/mol. The number of nitrogens with zero attached hydrogens (tertiary/aromatic N) is 3. The van der Waals surface area contributed by atoms with Crippen LogP contribution in [0.2, 0.25) is 0 Å². The van der Waals surface area contributed by atoms with Crippen molar-refractivity contribution < 1.29 is 13.9 Å². The SMILES string of the molecule is Cc1ccc(C)c2sc(N(CCN3CCOCC3)C(=O)CCSc3ccc(F)cc3)nc12. The quantitative estimate of drug-likeness (QED) is 0.436. The summed E-state index contributed by atoms with van der Waals surface area (Å²) < 4.78 is 19.7. The van der Waals surface area contributed by atoms with Gasteiger partial charge >= 0.3 is 0 Å². The number of anilines is 1. The molecule has 0 bridgehead atoms. The standard InChI is InChI=1S/C24H28FN3O2S2/c1-17-3-4-18(2)23-22(17)26-24(32-23)28(11-10-27-12-14-30-15-13-27)21(29)9-16-31-20-7-5-19(25)6-8-20/h3-8H,9-16H2,1-2H3. The van der Waals surface area contributed by atoms with Gasteiger partial charge in [-0.1, -0.05) is 23.5 Å². The average molecular weight is 474 g/mol. The minimum atomic E-state index is -0.249. The molecule has 0 radical (unpaired) electrons. The van der Waals surface area contributed by atoms with Gasteiger partial charge in [0, 0.05) is 43.2 Å². The van der Waals surface area contributed by atoms with Crippen LogP contribution in [0.25, 0.3) is 10.2 Å². The highest BCUT2D eigenvalue weighted by Gasteiger charge is 2.22. The van der Waals surface area contributed by atoms with Gasteiger partial charge in [0.25, 0.3) is 0 Å². The van der Waals surface area contributed by atoms with Crippen LogP contribution in [0.3, 0.4) is 0 Å². The Bertz CT molecular complexity index is 1030. The van der Waals surface area contributed by atoms with Gasteiger partial charge in [0.05, 0.1) is 23.4 Å². The first-order valence-corrected chi connectivity index (χ1v) is 12.7. The molecule has 8 heteroatoms. The van der Waals surface area contributed by atoms with Crippen LogP contribution in [0.4, 0.5) is 9.52 Å². The molecule has 2 heterocycles. The maximum Gasteiger partial charge on any atom is 0.229 e. The highest BCUT2D eigenvalue weighted by molar-refractivity contribution is 7.99. The number of ether oxygens (including phenoxy) is 1. The maximum atomic E-state index is 13.3. The van der Waals surface area contributed by atoms with Gasteiger partial charge in [0.2, 0.25) is 5.91 Å². The molecule has 3 aromatic rings. The normalized spacial score (nSPS) is 14.7. The van der Waals surface area contributed by atoms with E-state index in [4.69, 9.17) is 9.72 Å². The minimum Gasteiger partial charge on any atom is -0.379 e. The fourth-order valence-electron chi connectivity index (χ4n) is 3.68. The number of amides is 1. The van der Waals surface area contributed by atoms with Gasteiger partial charge in [0.15, 0.2) is 5.13 Å². The second-order valence-electron chi connectivity index (χ2n) is 7.93. The van der Waals surface area contributed by atoms with Crippen LogP contribution in [-0.2, 0) is 9.53 Å². The number of fused-ring (bicyclic) bond motifs is 1. The molecule has 1 aromatic heterocycles. The second-order valence-corrected chi connectivity index (χ2v) is 10.1. The summed E-state index contributed by atoms with van der Waals surface area (Å²) in [6.07, 6.45) is 0.402. The topological polar surface area (TPSA) is 45.7 Å². The number of hydrogen-bond donors (Lipinski definition) is 0. The predicted molar refractivity (Wildman–Crippen MR) is 130 cm³/mol. The number of aromatic nitrogens is 1. The summed E-state index contributed by atoms with van der Waals surface area (Å²) >= 11 is 3.16. The molecule has 5 nitrogen and oxygen atoms in total. The Morgan fingerprint density at radius 2 is 1.88 bits per heavy atom. The number of benzene rings is 2. The zero-order chi connectivity index (χ0) is 22.5. The first kappa shape index (κ1) is 23.2. The Labute approximate surface area is 196 Å². The lowest BCUT2D eigenvalue weighted by Crippen LogP contribution is -2.43. The fraction of sp³-hybridized carbons (Fsp3) is 0.417. The van der Waals surface area contributed by atoms with E-state index in [1.807, 2.05) is 4.90 Å². The number of carbonyl (C=O) groups excluding carboxylic acids is 1. The van der Waals surface area contributed by atoms with Crippen LogP contribution >= 0.6 is 23.1 Å². The Morgan fingerprint density at radius 1 is 1.16 bits per heavy atom. The number of halogens is 1. The van der Waals surface area contributed by atoms with E-state index >= 15 is 0 Å². The summed E-state index contributed by atoms with van der Waals surface area (Å²) in [5.41, 5.74) is 3.29. The molecule has 2 aromatic carbocycles. The van der Waals surface area contributed by atoms with E-state index in [2.05, 4.69) is 30.9 Å². The van der Waals surface area contributed by atoms with E-state index in [-0.39, 0.29) is 11.7 Å². The highest BCUT2D eigenvalue weighted by atomic mass is 32.2. The summed E-state index contributed by atoms with van der Waals surface area (Å²) in [7, 11) is 0. The Kier molecular flexibility index (Phi) is 7.78. The van der Waals surface area contributed by atoms with E-state index in [1.165, 1.54) is 17.7 Å². The van der Waals surface area contributed by atoms with Crippen LogP contribution in [0.1, 0.15) is 17.5 Å². The molecular formula is C24H28FN3O2S2. The van der Waals surface area contributed by atoms with Gasteiger partial charge in [-0.05, 0) is 49.2 Å². The number of carbonyl (C=O) groups is 1. The molecule has 1 aliphatic rings. The molecule has 0 unspecified atom stereocenters. The molecule has 1 amide bonds. The molecule has 1 saturated heterocycles. The zero-order valence-corrected chi connectivity index (χ0v) is 20.1. The van der Waals surface area contributed by atoms with Crippen LogP contribution in [0, 0.1) is 19.7 Å². The van der Waals surface area contributed by atoms with Crippen LogP contribution < -0.4 is 4.90 Å². The van der Waals surface area contributed by atoms with E-state index in [0.29, 0.717) is 18.7 Å². The van der Waals surface area contributed by atoms with Crippen molar-refractivity contribution in [2.24, 2.45) is 0 Å². The summed E-state index contributed by atoms with van der Waals surface area (Å²) in [6, 6.07) is 10.6. The average Bonchev–Trinajstić information content (AvgIpc) is 3.25. The smallest absolute Gasteiger partial charge is 0.229 e. The molecule has 0 spiro atoms. The molecule has 0 aliphatic carbocycles. The number of thioether (sulfide) groups is 1. The van der Waals surface area contributed by atoms with Crippen molar-refractivity contribution in [3.8, 4) is 0 Å². The summed E-state index contributed by atoms with van der Waals surface area (Å²) in [6.45, 7) is 8.81. The van der Waals surface area contributed by atoms with Gasteiger partial charge in [-0.15, -0.1) is 11.8 Å². The number of hydrogen-bond acceptors (Lipinski definition) is 6. The van der Waals surface area contributed by atoms with E-state index in [1.54, 1.807) is 35.2 Å². The van der Waals surface area contributed by atoms with Crippen molar-refractivity contribution in [3.05, 3.63) is 53.3 Å². The molecule has 32 heavy (non-hydrogen) atoms. The van der Waals surface area contributed by atoms with Gasteiger partial charge in [-0.3, -0.25) is 14.6 Å². The molecule has 0 atom stereocenters. The van der Waals surface area contributed by atoms with Crippen molar-refractivity contribution in [1.29, 1.82) is 0 Å². The van der Waals surface area contributed by atoms with Crippen molar-refractivity contribution in [3.63, 3.8) is 0 Å². The van der Waals surface area contributed by atoms with Gasteiger partial charge in [0.1, 0.15) is 5.82 Å². The number of rotatable bonds is 8. The van der Waals surface area contributed by atoms with Gasteiger partial charge in [-0.25, -0.2) is 9.37 Å². The van der Waals surface area contributed by atoms with Crippen molar-refractivity contribution in [1.82, 2.24) is 9.88 Å². The molecule has 170 valence electrons. The van der Waals surface area contributed by atoms with E-state index < -0.39 is 0 Å². The molecule has 1 fully saturated rings. The third kappa shape index (κ3) is 5.67. The van der Waals surface area contributed by atoms with Crippen LogP contribution in [0.15, 0.2) is 41.3 Å². The number of aryl methyl sites for hydroxylation is 2. The third-order valence-corrected chi connectivity index (χ3v) is 7.83. The van der Waals surface area contributed by atoms with Crippen molar-refractivity contribution in [2.45, 2.75) is 25.2 Å². The molecule has 1 aliphatic heterocycles. The van der Waals surface area contributed by atoms with Crippen LogP contribution in [-0.4, -0.2) is 60.9 Å². The summed E-state index contributed by atoms with van der Waals surface area (Å²) in [5.74, 6) is 0.463. The van der Waals surface area contributed by atoms with Gasteiger partial charge < -0.3 is 4.74 Å². The van der Waals surface area contributed by atoms with Crippen molar-refractivity contribution in [2.75, 3.05) is 50.0 Å². The Hall–Kier alpha value is -2.00. The maximum absolute atomic E-state index is 13.3. The van der Waals surface area contributed by atoms with Gasteiger partial charge in [-0.2, -0.15) is 0 Å². The zero-order valence-electron chi connectivity index (χ0n) is 18.5. The largest absolute Gasteiger partial charge is 0.379 e. The monoisotopic (exact) mass is 473 g/mol. The van der Waals surface area contributed by atoms with E-state index in [9.17, 15) is 9.18 Å². The lowest BCUT2D eigenvalue weighted by atomic mass is 10.1. The first-order valence-electron chi connectivity index (χ1n) is 10.9. The fourth-order valence-corrected chi connectivity index (χ4v) is 5.67. The van der Waals surface area contributed by atoms with Crippen LogP contribution in [0.5, 0.6) is 0 Å². The second kappa shape index (κ2) is 10.7. The summed E-state index contributed by atoms with van der Waals surface area (Å²) in [4.78, 5) is 23.3. The van der Waals surface area contributed by atoms with E-state index in [0.717, 1.165) is 58.7 Å². The lowest BCUT2D eigenvalue weighted by Gasteiger charge is -2.29.